The molecule has 0 bridgehead atoms. The van der Waals surface area contributed by atoms with Crippen molar-refractivity contribution in [2.45, 2.75) is 33.7 Å². The van der Waals surface area contributed by atoms with Crippen LogP contribution in [-0.4, -0.2) is 31.7 Å². The summed E-state index contributed by atoms with van der Waals surface area (Å²) in [6.07, 6.45) is 0. The molecule has 1 heterocycles. The second-order valence-electron chi connectivity index (χ2n) is 7.75. The number of amides is 3. The van der Waals surface area contributed by atoms with Crippen molar-refractivity contribution in [1.82, 2.24) is 10.6 Å². The molecule has 0 aliphatic carbocycles. The Bertz CT molecular complexity index is 927. The molecule has 3 amide bonds. The van der Waals surface area contributed by atoms with Gasteiger partial charge in [0.25, 0.3) is 0 Å². The summed E-state index contributed by atoms with van der Waals surface area (Å²) in [5.41, 5.74) is 3.77. The van der Waals surface area contributed by atoms with Crippen molar-refractivity contribution < 1.29 is 19.1 Å². The van der Waals surface area contributed by atoms with Gasteiger partial charge in [-0.2, -0.15) is 0 Å². The fourth-order valence-electron chi connectivity index (χ4n) is 3.32. The van der Waals surface area contributed by atoms with Crippen molar-refractivity contribution in [1.29, 1.82) is 0 Å². The number of nitrogens with one attached hydrogen (secondary N) is 3. The number of ether oxygens (including phenoxy) is 2. The minimum Gasteiger partial charge on any atom is -0.486 e. The van der Waals surface area contributed by atoms with Gasteiger partial charge in [-0.1, -0.05) is 32.0 Å². The number of aryl methyl sites for hydroxylation is 1. The molecule has 30 heavy (non-hydrogen) atoms. The number of hydrogen-bond donors (Lipinski definition) is 3. The predicted octanol–water partition coefficient (Wildman–Crippen LogP) is 3.71. The summed E-state index contributed by atoms with van der Waals surface area (Å²) in [6, 6.07) is 10.8. The van der Waals surface area contributed by atoms with Gasteiger partial charge in [-0.25, -0.2) is 4.79 Å². The van der Waals surface area contributed by atoms with Crippen molar-refractivity contribution in [2.75, 3.05) is 25.1 Å². The van der Waals surface area contributed by atoms with Crippen LogP contribution >= 0.6 is 0 Å². The van der Waals surface area contributed by atoms with Crippen LogP contribution < -0.4 is 25.4 Å². The highest BCUT2D eigenvalue weighted by Crippen LogP contribution is 2.34. The number of fused-ring (bicyclic) bond motifs is 1. The van der Waals surface area contributed by atoms with E-state index in [1.54, 1.807) is 0 Å². The Hall–Kier alpha value is -3.22. The molecule has 7 nitrogen and oxygen atoms in total. The van der Waals surface area contributed by atoms with Crippen LogP contribution in [0.3, 0.4) is 0 Å². The molecule has 1 atom stereocenters. The third-order valence-electron chi connectivity index (χ3n) is 5.17. The maximum Gasteiger partial charge on any atom is 0.315 e. The second kappa shape index (κ2) is 9.52. The Labute approximate surface area is 177 Å². The molecule has 0 radical (unpaired) electrons. The average molecular weight is 412 g/mol. The van der Waals surface area contributed by atoms with Crippen molar-refractivity contribution >= 4 is 17.6 Å². The molecule has 7 heteroatoms. The molecule has 1 aliphatic rings. The molecule has 0 aromatic heterocycles. The highest BCUT2D eigenvalue weighted by atomic mass is 16.6. The van der Waals surface area contributed by atoms with E-state index in [-0.39, 0.29) is 24.4 Å². The fraction of sp³-hybridized carbons (Fsp3) is 0.391. The zero-order valence-electron chi connectivity index (χ0n) is 17.9. The molecule has 1 aliphatic heterocycles. The molecule has 0 saturated carbocycles. The monoisotopic (exact) mass is 411 g/mol. The van der Waals surface area contributed by atoms with E-state index >= 15 is 0 Å². The van der Waals surface area contributed by atoms with Crippen LogP contribution in [0.5, 0.6) is 11.5 Å². The first-order chi connectivity index (χ1) is 14.3. The molecule has 0 saturated heterocycles. The third kappa shape index (κ3) is 5.23. The first-order valence-electron chi connectivity index (χ1n) is 10.1. The maximum absolute atomic E-state index is 12.4. The molecule has 0 unspecified atom stereocenters. The van der Waals surface area contributed by atoms with Gasteiger partial charge in [-0.05, 0) is 54.7 Å². The normalized spacial score (nSPS) is 13.5. The number of hydrogen-bond acceptors (Lipinski definition) is 4. The van der Waals surface area contributed by atoms with Gasteiger partial charge in [0.05, 0.1) is 12.6 Å². The lowest BCUT2D eigenvalue weighted by Gasteiger charge is -2.25. The molecule has 160 valence electrons. The minimum atomic E-state index is -0.403. The minimum absolute atomic E-state index is 0.120. The molecule has 0 fully saturated rings. The SMILES string of the molecule is Cc1cccc(NC(=O)CNC(=O)N[C@H](c2ccc3c(c2)OCCO3)C(C)C)c1C. The first kappa shape index (κ1) is 21.5. The molecule has 3 rings (SSSR count). The van der Waals surface area contributed by atoms with Gasteiger partial charge in [0.2, 0.25) is 5.91 Å². The molecule has 2 aromatic rings. The Balaban J connectivity index is 1.58. The van der Waals surface area contributed by atoms with Crippen molar-refractivity contribution in [3.63, 3.8) is 0 Å². The Morgan fingerprint density at radius 2 is 1.77 bits per heavy atom. The Morgan fingerprint density at radius 1 is 1.03 bits per heavy atom. The van der Waals surface area contributed by atoms with Crippen LogP contribution in [0.4, 0.5) is 10.5 Å². The van der Waals surface area contributed by atoms with Gasteiger partial charge in [0, 0.05) is 5.69 Å². The highest BCUT2D eigenvalue weighted by molar-refractivity contribution is 5.95. The van der Waals surface area contributed by atoms with E-state index in [2.05, 4.69) is 16.0 Å². The number of rotatable bonds is 6. The van der Waals surface area contributed by atoms with Gasteiger partial charge < -0.3 is 25.4 Å². The van der Waals surface area contributed by atoms with Crippen molar-refractivity contribution in [2.24, 2.45) is 5.92 Å². The number of urea groups is 1. The lowest BCUT2D eigenvalue weighted by Crippen LogP contribution is -2.42. The smallest absolute Gasteiger partial charge is 0.315 e. The third-order valence-corrected chi connectivity index (χ3v) is 5.17. The molecule has 3 N–H and O–H groups in total. The average Bonchev–Trinajstić information content (AvgIpc) is 2.73. The van der Waals surface area contributed by atoms with E-state index in [9.17, 15) is 9.59 Å². The van der Waals surface area contributed by atoms with E-state index < -0.39 is 6.03 Å². The lowest BCUT2D eigenvalue weighted by atomic mass is 9.95. The van der Waals surface area contributed by atoms with E-state index in [1.807, 2.05) is 64.1 Å². The first-order valence-corrected chi connectivity index (χ1v) is 10.1. The number of carbonyl (C=O) groups excluding carboxylic acids is 2. The summed E-state index contributed by atoms with van der Waals surface area (Å²) in [5, 5.41) is 8.43. The zero-order valence-corrected chi connectivity index (χ0v) is 17.9. The number of benzene rings is 2. The zero-order chi connectivity index (χ0) is 21.7. The van der Waals surface area contributed by atoms with Crippen LogP contribution in [0, 0.1) is 19.8 Å². The van der Waals surface area contributed by atoms with Gasteiger partial charge in [-0.15, -0.1) is 0 Å². The summed E-state index contributed by atoms with van der Waals surface area (Å²) in [6.45, 7) is 8.90. The summed E-state index contributed by atoms with van der Waals surface area (Å²) < 4.78 is 11.2. The Kier molecular flexibility index (Phi) is 6.82. The molecular formula is C23H29N3O4. The van der Waals surface area contributed by atoms with Crippen LogP contribution in [0.25, 0.3) is 0 Å². The van der Waals surface area contributed by atoms with E-state index in [1.165, 1.54) is 0 Å². The summed E-state index contributed by atoms with van der Waals surface area (Å²) >= 11 is 0. The second-order valence-corrected chi connectivity index (χ2v) is 7.75. The largest absolute Gasteiger partial charge is 0.486 e. The van der Waals surface area contributed by atoms with Crippen molar-refractivity contribution in [3.05, 3.63) is 53.1 Å². The quantitative estimate of drug-likeness (QED) is 0.676. The molecule has 2 aromatic carbocycles. The summed E-state index contributed by atoms with van der Waals surface area (Å²) in [5.74, 6) is 1.25. The van der Waals surface area contributed by atoms with E-state index in [0.717, 1.165) is 22.4 Å². The maximum atomic E-state index is 12.4. The van der Waals surface area contributed by atoms with Crippen LogP contribution in [0.1, 0.15) is 36.6 Å². The predicted molar refractivity (Wildman–Crippen MR) is 116 cm³/mol. The number of anilines is 1. The fourth-order valence-corrected chi connectivity index (χ4v) is 3.32. The van der Waals surface area contributed by atoms with Gasteiger partial charge >= 0.3 is 6.03 Å². The van der Waals surface area contributed by atoms with E-state index in [0.29, 0.717) is 24.7 Å². The summed E-state index contributed by atoms with van der Waals surface area (Å²) in [7, 11) is 0. The standard InChI is InChI=1S/C23H29N3O4/c1-14(2)22(17-8-9-19-20(12-17)30-11-10-29-19)26-23(28)24-13-21(27)25-18-7-5-6-15(3)16(18)4/h5-9,12,14,22H,10-11,13H2,1-4H3,(H,25,27)(H2,24,26,28)/t22-/m0/s1. The molecule has 0 spiro atoms. The van der Waals surface area contributed by atoms with E-state index in [4.69, 9.17) is 9.47 Å². The van der Waals surface area contributed by atoms with Gasteiger partial charge in [0.15, 0.2) is 11.5 Å². The van der Waals surface area contributed by atoms with Gasteiger partial charge in [-0.3, -0.25) is 4.79 Å². The van der Waals surface area contributed by atoms with Crippen LogP contribution in [0.15, 0.2) is 36.4 Å². The number of carbonyl (C=O) groups is 2. The van der Waals surface area contributed by atoms with Crippen LogP contribution in [-0.2, 0) is 4.79 Å². The van der Waals surface area contributed by atoms with Crippen molar-refractivity contribution in [3.8, 4) is 11.5 Å². The topological polar surface area (TPSA) is 88.7 Å². The van der Waals surface area contributed by atoms with Crippen LogP contribution in [0.2, 0.25) is 0 Å². The Morgan fingerprint density at radius 3 is 2.50 bits per heavy atom. The molecular weight excluding hydrogens is 382 g/mol. The highest BCUT2D eigenvalue weighted by Gasteiger charge is 2.21. The summed E-state index contributed by atoms with van der Waals surface area (Å²) in [4.78, 5) is 24.7. The lowest BCUT2D eigenvalue weighted by molar-refractivity contribution is -0.115. The van der Waals surface area contributed by atoms with Gasteiger partial charge in [0.1, 0.15) is 13.2 Å².